The number of anilines is 2. The Labute approximate surface area is 111 Å². The highest BCUT2D eigenvalue weighted by molar-refractivity contribution is 5.89. The van der Waals surface area contributed by atoms with E-state index in [1.54, 1.807) is 24.3 Å². The molecular formula is C14H15N3O2. The Hall–Kier alpha value is -2.56. The van der Waals surface area contributed by atoms with Crippen molar-refractivity contribution in [2.24, 2.45) is 0 Å². The summed E-state index contributed by atoms with van der Waals surface area (Å²) in [5.74, 6) is 0.425. The van der Waals surface area contributed by atoms with Crippen molar-refractivity contribution in [3.8, 4) is 0 Å². The number of ether oxygens (including phenoxy) is 1. The smallest absolute Gasteiger partial charge is 0.337 e. The number of esters is 1. The van der Waals surface area contributed by atoms with E-state index in [2.05, 4.69) is 4.98 Å². The average Bonchev–Trinajstić information content (AvgIpc) is 2.37. The Morgan fingerprint density at radius 2 is 1.84 bits per heavy atom. The molecule has 2 aromatic rings. The van der Waals surface area contributed by atoms with Gasteiger partial charge in [-0.2, -0.15) is 0 Å². The fourth-order valence-corrected chi connectivity index (χ4v) is 1.90. The van der Waals surface area contributed by atoms with Gasteiger partial charge in [-0.1, -0.05) is 12.1 Å². The van der Waals surface area contributed by atoms with Crippen LogP contribution in [-0.2, 0) is 11.2 Å². The van der Waals surface area contributed by atoms with E-state index in [1.165, 1.54) is 7.11 Å². The van der Waals surface area contributed by atoms with Crippen molar-refractivity contribution >= 4 is 17.6 Å². The third kappa shape index (κ3) is 3.22. The lowest BCUT2D eigenvalue weighted by molar-refractivity contribution is 0.0600. The summed E-state index contributed by atoms with van der Waals surface area (Å²) >= 11 is 0. The molecule has 1 aromatic heterocycles. The standard InChI is InChI=1S/C14H15N3O2/c1-19-14(18)11-4-2-3-9(6-11)5-10-7-12(15)17-13(16)8-10/h2-4,6-8H,5H2,1H3,(H4,15,16,17). The first-order valence-electron chi connectivity index (χ1n) is 5.77. The fraction of sp³-hybridized carbons (Fsp3) is 0.143. The highest BCUT2D eigenvalue weighted by Crippen LogP contribution is 2.15. The SMILES string of the molecule is COC(=O)c1cccc(Cc2cc(N)nc(N)c2)c1. The molecule has 0 saturated heterocycles. The molecule has 0 atom stereocenters. The zero-order chi connectivity index (χ0) is 13.8. The second-order valence-corrected chi connectivity index (χ2v) is 4.19. The monoisotopic (exact) mass is 257 g/mol. The van der Waals surface area contributed by atoms with Crippen LogP contribution in [0.15, 0.2) is 36.4 Å². The third-order valence-corrected chi connectivity index (χ3v) is 2.68. The van der Waals surface area contributed by atoms with Crippen molar-refractivity contribution in [2.75, 3.05) is 18.6 Å². The van der Waals surface area contributed by atoms with Crippen molar-refractivity contribution in [3.05, 3.63) is 53.1 Å². The number of pyridine rings is 1. The minimum absolute atomic E-state index is 0.351. The van der Waals surface area contributed by atoms with Crippen molar-refractivity contribution in [1.82, 2.24) is 4.98 Å². The number of rotatable bonds is 3. The number of carbonyl (C=O) groups excluding carboxylic acids is 1. The van der Waals surface area contributed by atoms with E-state index in [1.807, 2.05) is 12.1 Å². The Balaban J connectivity index is 2.25. The van der Waals surface area contributed by atoms with Gasteiger partial charge in [0.25, 0.3) is 0 Å². The summed E-state index contributed by atoms with van der Waals surface area (Å²) in [7, 11) is 1.36. The molecule has 1 aromatic carbocycles. The minimum atomic E-state index is -0.351. The van der Waals surface area contributed by atoms with E-state index >= 15 is 0 Å². The summed E-state index contributed by atoms with van der Waals surface area (Å²) in [6.07, 6.45) is 0.627. The molecule has 0 bridgehead atoms. The molecule has 4 N–H and O–H groups in total. The molecule has 0 amide bonds. The molecule has 5 nitrogen and oxygen atoms in total. The Kier molecular flexibility index (Phi) is 3.66. The van der Waals surface area contributed by atoms with Gasteiger partial charge in [-0.25, -0.2) is 9.78 Å². The lowest BCUT2D eigenvalue weighted by Gasteiger charge is -2.06. The molecule has 0 unspecified atom stereocenters. The number of nitrogens with zero attached hydrogens (tertiary/aromatic N) is 1. The van der Waals surface area contributed by atoms with Gasteiger partial charge in [-0.05, 0) is 41.8 Å². The minimum Gasteiger partial charge on any atom is -0.465 e. The first-order chi connectivity index (χ1) is 9.08. The Morgan fingerprint density at radius 1 is 1.16 bits per heavy atom. The van der Waals surface area contributed by atoms with Crippen LogP contribution in [0.4, 0.5) is 11.6 Å². The van der Waals surface area contributed by atoms with Crippen molar-refractivity contribution in [1.29, 1.82) is 0 Å². The van der Waals surface area contributed by atoms with E-state index < -0.39 is 0 Å². The molecular weight excluding hydrogens is 242 g/mol. The van der Waals surface area contributed by atoms with Gasteiger partial charge in [-0.15, -0.1) is 0 Å². The molecule has 0 spiro atoms. The van der Waals surface area contributed by atoms with Gasteiger partial charge < -0.3 is 16.2 Å². The lowest BCUT2D eigenvalue weighted by Crippen LogP contribution is -2.02. The summed E-state index contributed by atoms with van der Waals surface area (Å²) in [6.45, 7) is 0. The number of hydrogen-bond acceptors (Lipinski definition) is 5. The second kappa shape index (κ2) is 5.39. The zero-order valence-electron chi connectivity index (χ0n) is 10.6. The second-order valence-electron chi connectivity index (χ2n) is 4.19. The molecule has 98 valence electrons. The molecule has 0 radical (unpaired) electrons. The van der Waals surface area contributed by atoms with Crippen LogP contribution in [0, 0.1) is 0 Å². The summed E-state index contributed by atoms with van der Waals surface area (Å²) in [5, 5.41) is 0. The van der Waals surface area contributed by atoms with Crippen LogP contribution in [0.25, 0.3) is 0 Å². The Morgan fingerprint density at radius 3 is 2.47 bits per heavy atom. The van der Waals surface area contributed by atoms with E-state index in [4.69, 9.17) is 16.2 Å². The third-order valence-electron chi connectivity index (χ3n) is 2.68. The molecule has 5 heteroatoms. The lowest BCUT2D eigenvalue weighted by atomic mass is 10.0. The Bertz CT molecular complexity index is 591. The largest absolute Gasteiger partial charge is 0.465 e. The van der Waals surface area contributed by atoms with Crippen LogP contribution in [0.1, 0.15) is 21.5 Å². The van der Waals surface area contributed by atoms with Crippen LogP contribution in [0.3, 0.4) is 0 Å². The van der Waals surface area contributed by atoms with Crippen LogP contribution >= 0.6 is 0 Å². The topological polar surface area (TPSA) is 91.2 Å². The predicted octanol–water partition coefficient (Wildman–Crippen LogP) is 1.62. The van der Waals surface area contributed by atoms with Gasteiger partial charge in [0.1, 0.15) is 11.6 Å². The highest BCUT2D eigenvalue weighted by Gasteiger charge is 2.06. The molecule has 0 aliphatic heterocycles. The van der Waals surface area contributed by atoms with Gasteiger partial charge in [0, 0.05) is 0 Å². The first kappa shape index (κ1) is 12.9. The van der Waals surface area contributed by atoms with Crippen LogP contribution in [0.5, 0.6) is 0 Å². The summed E-state index contributed by atoms with van der Waals surface area (Å²) in [4.78, 5) is 15.4. The van der Waals surface area contributed by atoms with E-state index in [0.29, 0.717) is 23.6 Å². The number of nitrogen functional groups attached to an aromatic ring is 2. The summed E-state index contributed by atoms with van der Waals surface area (Å²) in [5.41, 5.74) is 13.7. The number of aromatic nitrogens is 1. The number of hydrogen-bond donors (Lipinski definition) is 2. The van der Waals surface area contributed by atoms with Crippen LogP contribution < -0.4 is 11.5 Å². The van der Waals surface area contributed by atoms with Crippen LogP contribution in [0.2, 0.25) is 0 Å². The number of methoxy groups -OCH3 is 1. The number of benzene rings is 1. The molecule has 19 heavy (non-hydrogen) atoms. The van der Waals surface area contributed by atoms with Gasteiger partial charge in [0.2, 0.25) is 0 Å². The maximum absolute atomic E-state index is 11.5. The van der Waals surface area contributed by atoms with Crippen molar-refractivity contribution < 1.29 is 9.53 Å². The molecule has 0 saturated carbocycles. The average molecular weight is 257 g/mol. The van der Waals surface area contributed by atoms with Crippen molar-refractivity contribution in [3.63, 3.8) is 0 Å². The maximum Gasteiger partial charge on any atom is 0.337 e. The van der Waals surface area contributed by atoms with Gasteiger partial charge in [0.15, 0.2) is 0 Å². The maximum atomic E-state index is 11.5. The van der Waals surface area contributed by atoms with Gasteiger partial charge >= 0.3 is 5.97 Å². The highest BCUT2D eigenvalue weighted by atomic mass is 16.5. The number of nitrogens with two attached hydrogens (primary N) is 2. The molecule has 0 aliphatic rings. The van der Waals surface area contributed by atoms with E-state index in [-0.39, 0.29) is 5.97 Å². The summed E-state index contributed by atoms with van der Waals surface area (Å²) < 4.78 is 4.69. The van der Waals surface area contributed by atoms with Crippen molar-refractivity contribution in [2.45, 2.75) is 6.42 Å². The van der Waals surface area contributed by atoms with Gasteiger partial charge in [-0.3, -0.25) is 0 Å². The van der Waals surface area contributed by atoms with E-state index in [0.717, 1.165) is 11.1 Å². The van der Waals surface area contributed by atoms with E-state index in [9.17, 15) is 4.79 Å². The molecule has 2 rings (SSSR count). The predicted molar refractivity (Wildman–Crippen MR) is 73.6 cm³/mol. The molecule has 0 aliphatic carbocycles. The molecule has 0 fully saturated rings. The normalized spacial score (nSPS) is 10.2. The van der Waals surface area contributed by atoms with Gasteiger partial charge in [0.05, 0.1) is 12.7 Å². The first-order valence-corrected chi connectivity index (χ1v) is 5.77. The zero-order valence-corrected chi connectivity index (χ0v) is 10.6. The fourth-order valence-electron chi connectivity index (χ4n) is 1.90. The summed E-state index contributed by atoms with van der Waals surface area (Å²) in [6, 6.07) is 10.8. The quantitative estimate of drug-likeness (QED) is 0.815. The number of carbonyl (C=O) groups is 1. The molecule has 1 heterocycles. The van der Waals surface area contributed by atoms with Crippen LogP contribution in [-0.4, -0.2) is 18.1 Å².